The van der Waals surface area contributed by atoms with Crippen molar-refractivity contribution in [3.05, 3.63) is 30.3 Å². The number of ether oxygens (including phenoxy) is 1. The van der Waals surface area contributed by atoms with Crippen molar-refractivity contribution in [2.75, 3.05) is 26.2 Å². The summed E-state index contributed by atoms with van der Waals surface area (Å²) in [5.41, 5.74) is 0. The van der Waals surface area contributed by atoms with Crippen molar-refractivity contribution in [3.63, 3.8) is 0 Å². The number of amides is 2. The average molecular weight is 306 g/mol. The smallest absolute Gasteiger partial charge is 0.317 e. The van der Waals surface area contributed by atoms with Gasteiger partial charge in [-0.25, -0.2) is 4.79 Å². The molecule has 2 amide bonds. The molecule has 0 aromatic heterocycles. The molecule has 0 unspecified atom stereocenters. The summed E-state index contributed by atoms with van der Waals surface area (Å²) in [6.45, 7) is 11.4. The molecule has 0 radical (unpaired) electrons. The molecule has 124 valence electrons. The van der Waals surface area contributed by atoms with Crippen molar-refractivity contribution in [1.82, 2.24) is 10.2 Å². The Kier molecular flexibility index (Phi) is 8.41. The van der Waals surface area contributed by atoms with Crippen molar-refractivity contribution in [2.24, 2.45) is 11.8 Å². The van der Waals surface area contributed by atoms with Gasteiger partial charge in [0.1, 0.15) is 5.75 Å². The minimum Gasteiger partial charge on any atom is -0.494 e. The fraction of sp³-hybridized carbons (Fsp3) is 0.611. The Morgan fingerprint density at radius 1 is 1.09 bits per heavy atom. The van der Waals surface area contributed by atoms with E-state index in [1.165, 1.54) is 0 Å². The molecule has 1 N–H and O–H groups in total. The molecule has 0 saturated heterocycles. The predicted molar refractivity (Wildman–Crippen MR) is 91.2 cm³/mol. The summed E-state index contributed by atoms with van der Waals surface area (Å²) in [6, 6.07) is 9.77. The van der Waals surface area contributed by atoms with Crippen LogP contribution >= 0.6 is 0 Å². The first-order valence-corrected chi connectivity index (χ1v) is 8.19. The molecule has 0 bridgehead atoms. The number of rotatable bonds is 9. The first-order chi connectivity index (χ1) is 10.5. The molecule has 1 aromatic carbocycles. The molecule has 0 aliphatic carbocycles. The number of hydrogen-bond acceptors (Lipinski definition) is 2. The van der Waals surface area contributed by atoms with Crippen LogP contribution in [-0.2, 0) is 0 Å². The van der Waals surface area contributed by atoms with Gasteiger partial charge >= 0.3 is 6.03 Å². The number of hydrogen-bond donors (Lipinski definition) is 1. The van der Waals surface area contributed by atoms with Crippen LogP contribution in [0.4, 0.5) is 4.79 Å². The highest BCUT2D eigenvalue weighted by atomic mass is 16.5. The van der Waals surface area contributed by atoms with Gasteiger partial charge in [-0.15, -0.1) is 0 Å². The fourth-order valence-corrected chi connectivity index (χ4v) is 2.21. The summed E-state index contributed by atoms with van der Waals surface area (Å²) in [4.78, 5) is 14.1. The second-order valence-corrected chi connectivity index (χ2v) is 6.44. The SMILES string of the molecule is CC(C)CN(CC(C)C)C(=O)NCCCOc1ccccc1. The summed E-state index contributed by atoms with van der Waals surface area (Å²) >= 11 is 0. The van der Waals surface area contributed by atoms with Gasteiger partial charge in [0, 0.05) is 19.6 Å². The number of carbonyl (C=O) groups is 1. The van der Waals surface area contributed by atoms with E-state index in [0.717, 1.165) is 25.3 Å². The summed E-state index contributed by atoms with van der Waals surface area (Å²) in [5, 5.41) is 2.99. The fourth-order valence-electron chi connectivity index (χ4n) is 2.21. The van der Waals surface area contributed by atoms with Crippen molar-refractivity contribution in [1.29, 1.82) is 0 Å². The molecule has 0 aliphatic rings. The lowest BCUT2D eigenvalue weighted by atomic mass is 10.1. The minimum atomic E-state index is 0.0297. The van der Waals surface area contributed by atoms with Crippen LogP contribution in [0.2, 0.25) is 0 Å². The molecule has 4 heteroatoms. The third kappa shape index (κ3) is 7.91. The summed E-state index contributed by atoms with van der Waals surface area (Å²) < 4.78 is 5.61. The van der Waals surface area contributed by atoms with Crippen LogP contribution < -0.4 is 10.1 Å². The van der Waals surface area contributed by atoms with E-state index in [4.69, 9.17) is 4.74 Å². The average Bonchev–Trinajstić information content (AvgIpc) is 2.46. The van der Waals surface area contributed by atoms with Gasteiger partial charge in [0.05, 0.1) is 6.61 Å². The third-order valence-electron chi connectivity index (χ3n) is 3.07. The lowest BCUT2D eigenvalue weighted by Gasteiger charge is -2.26. The van der Waals surface area contributed by atoms with Gasteiger partial charge in [-0.05, 0) is 30.4 Å². The Hall–Kier alpha value is -1.71. The molecule has 0 aliphatic heterocycles. The highest BCUT2D eigenvalue weighted by Gasteiger charge is 2.15. The highest BCUT2D eigenvalue weighted by Crippen LogP contribution is 2.08. The number of benzene rings is 1. The molecular formula is C18H30N2O2. The van der Waals surface area contributed by atoms with E-state index >= 15 is 0 Å². The molecule has 0 fully saturated rings. The van der Waals surface area contributed by atoms with Gasteiger partial charge < -0.3 is 15.0 Å². The first-order valence-electron chi connectivity index (χ1n) is 8.19. The topological polar surface area (TPSA) is 41.6 Å². The molecule has 1 rings (SSSR count). The maximum Gasteiger partial charge on any atom is 0.317 e. The van der Waals surface area contributed by atoms with Crippen molar-refractivity contribution >= 4 is 6.03 Å². The lowest BCUT2D eigenvalue weighted by Crippen LogP contribution is -2.44. The molecule has 1 aromatic rings. The van der Waals surface area contributed by atoms with Gasteiger partial charge in [-0.2, -0.15) is 0 Å². The quantitative estimate of drug-likeness (QED) is 0.705. The zero-order chi connectivity index (χ0) is 16.4. The third-order valence-corrected chi connectivity index (χ3v) is 3.07. The molecular weight excluding hydrogens is 276 g/mol. The number of nitrogens with one attached hydrogen (secondary N) is 1. The molecule has 0 heterocycles. The van der Waals surface area contributed by atoms with Gasteiger partial charge in [0.25, 0.3) is 0 Å². The standard InChI is InChI=1S/C18H30N2O2/c1-15(2)13-20(14-16(3)4)18(21)19-11-8-12-22-17-9-6-5-7-10-17/h5-7,9-10,15-16H,8,11-14H2,1-4H3,(H,19,21). The normalized spacial score (nSPS) is 10.8. The van der Waals surface area contributed by atoms with Crippen LogP contribution in [0.3, 0.4) is 0 Å². The largest absolute Gasteiger partial charge is 0.494 e. The summed E-state index contributed by atoms with van der Waals surface area (Å²) in [5.74, 6) is 1.83. The molecule has 22 heavy (non-hydrogen) atoms. The van der Waals surface area contributed by atoms with E-state index in [2.05, 4.69) is 33.0 Å². The Morgan fingerprint density at radius 2 is 1.68 bits per heavy atom. The summed E-state index contributed by atoms with van der Waals surface area (Å²) in [7, 11) is 0. The maximum absolute atomic E-state index is 12.2. The van der Waals surface area contributed by atoms with E-state index in [1.807, 2.05) is 35.2 Å². The van der Waals surface area contributed by atoms with Crippen molar-refractivity contribution in [3.8, 4) is 5.75 Å². The van der Waals surface area contributed by atoms with Crippen LogP contribution in [0.25, 0.3) is 0 Å². The molecule has 0 saturated carbocycles. The van der Waals surface area contributed by atoms with Crippen LogP contribution in [-0.4, -0.2) is 37.2 Å². The Balaban J connectivity index is 2.24. The van der Waals surface area contributed by atoms with Gasteiger partial charge in [0.2, 0.25) is 0 Å². The van der Waals surface area contributed by atoms with Crippen molar-refractivity contribution in [2.45, 2.75) is 34.1 Å². The van der Waals surface area contributed by atoms with E-state index < -0.39 is 0 Å². The van der Waals surface area contributed by atoms with Crippen molar-refractivity contribution < 1.29 is 9.53 Å². The van der Waals surface area contributed by atoms with E-state index in [1.54, 1.807) is 0 Å². The number of urea groups is 1. The van der Waals surface area contributed by atoms with Gasteiger partial charge in [-0.1, -0.05) is 45.9 Å². The van der Waals surface area contributed by atoms with Gasteiger partial charge in [0.15, 0.2) is 0 Å². The van der Waals surface area contributed by atoms with Crippen LogP contribution in [0.1, 0.15) is 34.1 Å². The van der Waals surface area contributed by atoms with Crippen LogP contribution in [0.15, 0.2) is 30.3 Å². The maximum atomic E-state index is 12.2. The molecule has 4 nitrogen and oxygen atoms in total. The zero-order valence-corrected chi connectivity index (χ0v) is 14.3. The van der Waals surface area contributed by atoms with E-state index in [0.29, 0.717) is 25.0 Å². The predicted octanol–water partition coefficient (Wildman–Crippen LogP) is 3.78. The van der Waals surface area contributed by atoms with E-state index in [-0.39, 0.29) is 6.03 Å². The second kappa shape index (κ2) is 10.1. The molecule has 0 spiro atoms. The van der Waals surface area contributed by atoms with Gasteiger partial charge in [-0.3, -0.25) is 0 Å². The van der Waals surface area contributed by atoms with E-state index in [9.17, 15) is 4.79 Å². The lowest BCUT2D eigenvalue weighted by molar-refractivity contribution is 0.182. The Morgan fingerprint density at radius 3 is 2.23 bits per heavy atom. The van der Waals surface area contributed by atoms with Crippen LogP contribution in [0, 0.1) is 11.8 Å². The highest BCUT2D eigenvalue weighted by molar-refractivity contribution is 5.74. The molecule has 0 atom stereocenters. The number of carbonyl (C=O) groups excluding carboxylic acids is 1. The first kappa shape index (κ1) is 18.3. The Labute approximate surface area is 134 Å². The zero-order valence-electron chi connectivity index (χ0n) is 14.3. The second-order valence-electron chi connectivity index (χ2n) is 6.44. The summed E-state index contributed by atoms with van der Waals surface area (Å²) in [6.07, 6.45) is 0.803. The number of nitrogens with zero attached hydrogens (tertiary/aromatic N) is 1. The Bertz CT molecular complexity index is 408. The monoisotopic (exact) mass is 306 g/mol. The minimum absolute atomic E-state index is 0.0297. The van der Waals surface area contributed by atoms with Crippen LogP contribution in [0.5, 0.6) is 5.75 Å². The number of para-hydroxylation sites is 1.